The number of hydrogen-bond donors (Lipinski definition) is 0. The molecule has 0 nitrogen and oxygen atoms in total. The summed E-state index contributed by atoms with van der Waals surface area (Å²) in [4.78, 5) is 0. The molecule has 0 bridgehead atoms. The highest BCUT2D eigenvalue weighted by Gasteiger charge is 1.59. The Balaban J connectivity index is 0. The Labute approximate surface area is 40.2 Å². The second kappa shape index (κ2) is 4.48. The molecule has 0 heteroatoms. The Morgan fingerprint density at radius 3 is 1.83 bits per heavy atom. The van der Waals surface area contributed by atoms with E-state index < -0.39 is 0 Å². The van der Waals surface area contributed by atoms with Gasteiger partial charge < -0.3 is 0 Å². The molecule has 0 heterocycles. The van der Waals surface area contributed by atoms with E-state index in [9.17, 15) is 0 Å². The molecule has 0 saturated carbocycles. The van der Waals surface area contributed by atoms with Crippen molar-refractivity contribution in [1.82, 2.24) is 0 Å². The molecule has 6 heavy (non-hydrogen) atoms. The molecule has 36 valence electrons. The van der Waals surface area contributed by atoms with E-state index in [0.29, 0.717) is 0 Å². The molecule has 0 unspecified atom stereocenters. The third-order valence-electron chi connectivity index (χ3n) is 0.348. The molecule has 0 aliphatic carbocycles. The lowest BCUT2D eigenvalue weighted by atomic mass is 10.4. The zero-order valence-corrected chi connectivity index (χ0v) is 3.49. The molecule has 0 N–H and O–H groups in total. The summed E-state index contributed by atoms with van der Waals surface area (Å²) in [6.45, 7) is 8.93. The van der Waals surface area contributed by atoms with Gasteiger partial charge in [0.1, 0.15) is 0 Å². The second-order valence-electron chi connectivity index (χ2n) is 1.05. The Morgan fingerprint density at radius 1 is 1.67 bits per heavy atom. The van der Waals surface area contributed by atoms with Crippen LogP contribution in [-0.2, 0) is 0 Å². The smallest absolute Gasteiger partial charge is 0.0404 e. The monoisotopic (exact) mass is 84.1 g/mol. The summed E-state index contributed by atoms with van der Waals surface area (Å²) in [6.07, 6.45) is 1.72. The van der Waals surface area contributed by atoms with Crippen LogP contribution >= 0.6 is 0 Å². The molecule has 0 atom stereocenters. The SMILES string of the molecule is C.C=CC(=C)C. The molecule has 0 rings (SSSR count). The fourth-order valence-corrected chi connectivity index (χ4v) is 0. The predicted molar refractivity (Wildman–Crippen MR) is 31.7 cm³/mol. The average molecular weight is 84.2 g/mol. The third-order valence-corrected chi connectivity index (χ3v) is 0.348. The van der Waals surface area contributed by atoms with Gasteiger partial charge in [-0.1, -0.05) is 32.2 Å². The molecular formula is C6H12. The summed E-state index contributed by atoms with van der Waals surface area (Å²) < 4.78 is 0. The van der Waals surface area contributed by atoms with Crippen molar-refractivity contribution in [3.05, 3.63) is 24.8 Å². The summed E-state index contributed by atoms with van der Waals surface area (Å²) >= 11 is 0. The lowest BCUT2D eigenvalue weighted by Gasteiger charge is -1.71. The maximum atomic E-state index is 3.56. The van der Waals surface area contributed by atoms with Crippen LogP contribution in [0.25, 0.3) is 0 Å². The molecule has 0 aromatic heterocycles. The first-order valence-electron chi connectivity index (χ1n) is 1.55. The number of allylic oxidation sites excluding steroid dienone is 2. The predicted octanol–water partition coefficient (Wildman–Crippen LogP) is 2.38. The minimum atomic E-state index is 0. The lowest BCUT2D eigenvalue weighted by Crippen LogP contribution is -1.50. The van der Waals surface area contributed by atoms with Crippen LogP contribution < -0.4 is 0 Å². The quantitative estimate of drug-likeness (QED) is 0.428. The van der Waals surface area contributed by atoms with Gasteiger partial charge in [-0.05, 0) is 6.92 Å². The maximum absolute atomic E-state index is 3.56. The van der Waals surface area contributed by atoms with Crippen LogP contribution in [-0.4, -0.2) is 0 Å². The normalized spacial score (nSPS) is 5.50. The second-order valence-corrected chi connectivity index (χ2v) is 1.05. The van der Waals surface area contributed by atoms with Gasteiger partial charge in [0.25, 0.3) is 0 Å². The Morgan fingerprint density at radius 2 is 1.83 bits per heavy atom. The molecular weight excluding hydrogens is 72.1 g/mol. The third kappa shape index (κ3) is 9.77. The van der Waals surface area contributed by atoms with Crippen LogP contribution in [0.5, 0.6) is 0 Å². The van der Waals surface area contributed by atoms with E-state index in [2.05, 4.69) is 13.2 Å². The first-order chi connectivity index (χ1) is 2.27. The van der Waals surface area contributed by atoms with Crippen molar-refractivity contribution >= 4 is 0 Å². The van der Waals surface area contributed by atoms with Crippen molar-refractivity contribution in [2.24, 2.45) is 0 Å². The zero-order chi connectivity index (χ0) is 4.28. The van der Waals surface area contributed by atoms with E-state index in [1.54, 1.807) is 6.08 Å². The fraction of sp³-hybridized carbons (Fsp3) is 0.333. The van der Waals surface area contributed by atoms with E-state index >= 15 is 0 Å². The van der Waals surface area contributed by atoms with Gasteiger partial charge in [-0.3, -0.25) is 0 Å². The van der Waals surface area contributed by atoms with Gasteiger partial charge in [-0.2, -0.15) is 0 Å². The van der Waals surface area contributed by atoms with E-state index in [1.165, 1.54) is 0 Å². The average Bonchev–Trinajstić information content (AvgIpc) is 1.38. The highest BCUT2D eigenvalue weighted by Crippen LogP contribution is 1.81. The summed E-state index contributed by atoms with van der Waals surface area (Å²) in [5.74, 6) is 0. The van der Waals surface area contributed by atoms with Crippen LogP contribution in [0.15, 0.2) is 24.8 Å². The molecule has 0 amide bonds. The topological polar surface area (TPSA) is 0 Å². The van der Waals surface area contributed by atoms with E-state index in [0.717, 1.165) is 5.57 Å². The summed E-state index contributed by atoms with van der Waals surface area (Å²) in [5.41, 5.74) is 1.02. The molecule has 0 aromatic rings. The Bertz CT molecular complexity index is 51.1. The highest BCUT2D eigenvalue weighted by atomic mass is 13.7. The van der Waals surface area contributed by atoms with Crippen molar-refractivity contribution in [2.75, 3.05) is 0 Å². The van der Waals surface area contributed by atoms with Crippen molar-refractivity contribution < 1.29 is 0 Å². The Hall–Kier alpha value is -0.520. The van der Waals surface area contributed by atoms with E-state index in [1.807, 2.05) is 6.92 Å². The van der Waals surface area contributed by atoms with Gasteiger partial charge in [0.05, 0.1) is 0 Å². The molecule has 0 aromatic carbocycles. The minimum Gasteiger partial charge on any atom is -0.0988 e. The van der Waals surface area contributed by atoms with Crippen molar-refractivity contribution in [2.45, 2.75) is 14.4 Å². The Kier molecular flexibility index (Phi) is 6.78. The molecule has 0 aliphatic rings. The van der Waals surface area contributed by atoms with Crippen molar-refractivity contribution in [3.8, 4) is 0 Å². The summed E-state index contributed by atoms with van der Waals surface area (Å²) in [6, 6.07) is 0. The first-order valence-corrected chi connectivity index (χ1v) is 1.55. The molecule has 0 fully saturated rings. The minimum absolute atomic E-state index is 0. The number of hydrogen-bond acceptors (Lipinski definition) is 0. The molecule has 0 aliphatic heterocycles. The maximum Gasteiger partial charge on any atom is -0.0404 e. The van der Waals surface area contributed by atoms with Crippen LogP contribution in [0.2, 0.25) is 0 Å². The van der Waals surface area contributed by atoms with Gasteiger partial charge >= 0.3 is 0 Å². The molecule has 0 radical (unpaired) electrons. The van der Waals surface area contributed by atoms with Crippen LogP contribution in [0.1, 0.15) is 14.4 Å². The van der Waals surface area contributed by atoms with Crippen LogP contribution in [0.4, 0.5) is 0 Å². The van der Waals surface area contributed by atoms with Gasteiger partial charge in [0.15, 0.2) is 0 Å². The van der Waals surface area contributed by atoms with Crippen LogP contribution in [0.3, 0.4) is 0 Å². The summed E-state index contributed by atoms with van der Waals surface area (Å²) in [7, 11) is 0. The zero-order valence-electron chi connectivity index (χ0n) is 3.49. The fourth-order valence-electron chi connectivity index (χ4n) is 0. The molecule has 0 spiro atoms. The van der Waals surface area contributed by atoms with Gasteiger partial charge in [0, 0.05) is 0 Å². The van der Waals surface area contributed by atoms with Gasteiger partial charge in [-0.25, -0.2) is 0 Å². The van der Waals surface area contributed by atoms with Crippen molar-refractivity contribution in [3.63, 3.8) is 0 Å². The van der Waals surface area contributed by atoms with Gasteiger partial charge in [-0.15, -0.1) is 0 Å². The van der Waals surface area contributed by atoms with Crippen LogP contribution in [0, 0.1) is 0 Å². The standard InChI is InChI=1S/C5H8.CH4/c1-4-5(2)3;/h4H,1-2H2,3H3;1H4. The lowest BCUT2D eigenvalue weighted by molar-refractivity contribution is 1.58. The van der Waals surface area contributed by atoms with Gasteiger partial charge in [0.2, 0.25) is 0 Å². The van der Waals surface area contributed by atoms with Crippen molar-refractivity contribution in [1.29, 1.82) is 0 Å². The largest absolute Gasteiger partial charge is 0.0988 e. The highest BCUT2D eigenvalue weighted by molar-refractivity contribution is 5.05. The number of rotatable bonds is 1. The van der Waals surface area contributed by atoms with E-state index in [4.69, 9.17) is 0 Å². The summed E-state index contributed by atoms with van der Waals surface area (Å²) in [5, 5.41) is 0. The van der Waals surface area contributed by atoms with E-state index in [-0.39, 0.29) is 7.43 Å². The molecule has 0 saturated heterocycles. The first kappa shape index (κ1) is 9.08.